The van der Waals surface area contributed by atoms with Gasteiger partial charge in [0.1, 0.15) is 16.9 Å². The standard InChI is InChI=1S/C20H12Br2O3/c21-14-5-1-12(2-6-14)20(13-3-7-15(22)8-4-13)17-10-9-16(23)11-18(17)25-19(20)24/h1-11,23H. The summed E-state index contributed by atoms with van der Waals surface area (Å²) in [4.78, 5) is 13.1. The number of rotatable bonds is 2. The molecule has 0 unspecified atom stereocenters. The van der Waals surface area contributed by atoms with E-state index in [0.717, 1.165) is 25.6 Å². The minimum Gasteiger partial charge on any atom is -0.508 e. The van der Waals surface area contributed by atoms with Gasteiger partial charge in [0.05, 0.1) is 0 Å². The highest BCUT2D eigenvalue weighted by molar-refractivity contribution is 9.10. The van der Waals surface area contributed by atoms with Gasteiger partial charge < -0.3 is 9.84 Å². The van der Waals surface area contributed by atoms with E-state index >= 15 is 0 Å². The Balaban J connectivity index is 2.05. The first-order valence-electron chi connectivity index (χ1n) is 7.59. The van der Waals surface area contributed by atoms with E-state index in [2.05, 4.69) is 31.9 Å². The predicted molar refractivity (Wildman–Crippen MR) is 102 cm³/mol. The van der Waals surface area contributed by atoms with Gasteiger partial charge in [0, 0.05) is 20.6 Å². The number of fused-ring (bicyclic) bond motifs is 1. The largest absolute Gasteiger partial charge is 0.508 e. The first-order chi connectivity index (χ1) is 12.0. The van der Waals surface area contributed by atoms with Crippen molar-refractivity contribution >= 4 is 37.8 Å². The molecule has 0 amide bonds. The second-order valence-corrected chi connectivity index (χ2v) is 7.67. The maximum Gasteiger partial charge on any atom is 0.331 e. The van der Waals surface area contributed by atoms with Gasteiger partial charge in [0.2, 0.25) is 0 Å². The zero-order chi connectivity index (χ0) is 17.6. The topological polar surface area (TPSA) is 46.5 Å². The molecule has 0 fully saturated rings. The Kier molecular flexibility index (Phi) is 3.93. The Morgan fingerprint density at radius 3 is 1.84 bits per heavy atom. The average Bonchev–Trinajstić information content (AvgIpc) is 2.88. The lowest BCUT2D eigenvalue weighted by Gasteiger charge is -2.27. The zero-order valence-electron chi connectivity index (χ0n) is 12.9. The van der Waals surface area contributed by atoms with Gasteiger partial charge in [-0.15, -0.1) is 0 Å². The molecule has 25 heavy (non-hydrogen) atoms. The number of hydrogen-bond acceptors (Lipinski definition) is 3. The van der Waals surface area contributed by atoms with Crippen LogP contribution in [0.5, 0.6) is 11.5 Å². The van der Waals surface area contributed by atoms with E-state index < -0.39 is 5.41 Å². The van der Waals surface area contributed by atoms with E-state index in [9.17, 15) is 9.90 Å². The van der Waals surface area contributed by atoms with Gasteiger partial charge in [-0.2, -0.15) is 0 Å². The van der Waals surface area contributed by atoms with Crippen LogP contribution in [0.1, 0.15) is 16.7 Å². The van der Waals surface area contributed by atoms with E-state index in [4.69, 9.17) is 4.74 Å². The van der Waals surface area contributed by atoms with Crippen molar-refractivity contribution in [1.82, 2.24) is 0 Å². The average molecular weight is 460 g/mol. The molecule has 0 atom stereocenters. The summed E-state index contributed by atoms with van der Waals surface area (Å²) in [5.41, 5.74) is 1.28. The summed E-state index contributed by atoms with van der Waals surface area (Å²) in [5, 5.41) is 9.76. The third-order valence-corrected chi connectivity index (χ3v) is 5.49. The molecule has 3 nitrogen and oxygen atoms in total. The Morgan fingerprint density at radius 2 is 1.32 bits per heavy atom. The number of halogens is 2. The maximum atomic E-state index is 13.1. The number of benzene rings is 3. The van der Waals surface area contributed by atoms with Crippen molar-refractivity contribution in [2.45, 2.75) is 5.41 Å². The number of esters is 1. The van der Waals surface area contributed by atoms with E-state index in [1.807, 2.05) is 48.5 Å². The highest BCUT2D eigenvalue weighted by Crippen LogP contribution is 2.50. The molecular formula is C20H12Br2O3. The molecule has 1 heterocycles. The number of hydrogen-bond donors (Lipinski definition) is 1. The van der Waals surface area contributed by atoms with Crippen LogP contribution in [-0.4, -0.2) is 11.1 Å². The normalized spacial score (nSPS) is 14.9. The molecule has 0 saturated heterocycles. The van der Waals surface area contributed by atoms with Crippen molar-refractivity contribution in [3.63, 3.8) is 0 Å². The monoisotopic (exact) mass is 458 g/mol. The number of aromatic hydroxyl groups is 1. The molecule has 1 aliphatic rings. The molecule has 0 aromatic heterocycles. The summed E-state index contributed by atoms with van der Waals surface area (Å²) in [5.74, 6) is 0.0718. The number of carbonyl (C=O) groups is 1. The van der Waals surface area contributed by atoms with Crippen molar-refractivity contribution in [1.29, 1.82) is 0 Å². The fraction of sp³-hybridized carbons (Fsp3) is 0.0500. The van der Waals surface area contributed by atoms with Crippen molar-refractivity contribution < 1.29 is 14.6 Å². The van der Waals surface area contributed by atoms with Crippen LogP contribution in [0.2, 0.25) is 0 Å². The Bertz CT molecular complexity index is 918. The third kappa shape index (κ3) is 2.50. The van der Waals surface area contributed by atoms with Gasteiger partial charge in [0.25, 0.3) is 0 Å². The van der Waals surface area contributed by atoms with Gasteiger partial charge in [-0.25, -0.2) is 4.79 Å². The smallest absolute Gasteiger partial charge is 0.331 e. The highest BCUT2D eigenvalue weighted by Gasteiger charge is 2.52. The minimum absolute atomic E-state index is 0.0639. The molecular weight excluding hydrogens is 448 g/mol. The molecule has 124 valence electrons. The molecule has 3 aromatic carbocycles. The van der Waals surface area contributed by atoms with Crippen LogP contribution >= 0.6 is 31.9 Å². The van der Waals surface area contributed by atoms with E-state index in [-0.39, 0.29) is 11.7 Å². The van der Waals surface area contributed by atoms with Crippen molar-refractivity contribution in [3.8, 4) is 11.5 Å². The minimum atomic E-state index is -1.07. The number of phenols is 1. The Morgan fingerprint density at radius 1 is 0.800 bits per heavy atom. The zero-order valence-corrected chi connectivity index (χ0v) is 16.0. The lowest BCUT2D eigenvalue weighted by atomic mass is 9.70. The number of ether oxygens (including phenoxy) is 1. The van der Waals surface area contributed by atoms with Crippen LogP contribution in [0.25, 0.3) is 0 Å². The lowest BCUT2D eigenvalue weighted by molar-refractivity contribution is -0.135. The summed E-state index contributed by atoms with van der Waals surface area (Å²) in [6, 6.07) is 20.1. The first-order valence-corrected chi connectivity index (χ1v) is 9.18. The Labute approximate surface area is 161 Å². The quantitative estimate of drug-likeness (QED) is 0.424. The molecule has 0 bridgehead atoms. The molecule has 0 radical (unpaired) electrons. The van der Waals surface area contributed by atoms with Crippen LogP contribution in [0.4, 0.5) is 0 Å². The van der Waals surface area contributed by atoms with Gasteiger partial charge in [0.15, 0.2) is 0 Å². The third-order valence-electron chi connectivity index (χ3n) is 4.43. The summed E-state index contributed by atoms with van der Waals surface area (Å²) < 4.78 is 7.41. The summed E-state index contributed by atoms with van der Waals surface area (Å²) >= 11 is 6.88. The van der Waals surface area contributed by atoms with Crippen molar-refractivity contribution in [3.05, 3.63) is 92.4 Å². The van der Waals surface area contributed by atoms with Gasteiger partial charge in [-0.05, 0) is 47.5 Å². The van der Waals surface area contributed by atoms with E-state index in [0.29, 0.717) is 5.75 Å². The van der Waals surface area contributed by atoms with Gasteiger partial charge >= 0.3 is 5.97 Å². The molecule has 0 aliphatic carbocycles. The summed E-state index contributed by atoms with van der Waals surface area (Å²) in [6.45, 7) is 0. The molecule has 3 aromatic rings. The van der Waals surface area contributed by atoms with E-state index in [1.165, 1.54) is 6.07 Å². The SMILES string of the molecule is O=C1Oc2cc(O)ccc2C1(c1ccc(Br)cc1)c1ccc(Br)cc1. The van der Waals surface area contributed by atoms with Crippen LogP contribution in [0.3, 0.4) is 0 Å². The van der Waals surface area contributed by atoms with Crippen LogP contribution in [-0.2, 0) is 10.2 Å². The molecule has 0 saturated carbocycles. The van der Waals surface area contributed by atoms with Gasteiger partial charge in [-0.3, -0.25) is 0 Å². The predicted octanol–water partition coefficient (Wildman–Crippen LogP) is 5.17. The molecule has 5 heteroatoms. The van der Waals surface area contributed by atoms with E-state index in [1.54, 1.807) is 12.1 Å². The number of carbonyl (C=O) groups excluding carboxylic acids is 1. The fourth-order valence-electron chi connectivity index (χ4n) is 3.30. The van der Waals surface area contributed by atoms with Crippen LogP contribution < -0.4 is 4.74 Å². The summed E-state index contributed by atoms with van der Waals surface area (Å²) in [6.07, 6.45) is 0. The van der Waals surface area contributed by atoms with Gasteiger partial charge in [-0.1, -0.05) is 56.1 Å². The van der Waals surface area contributed by atoms with Crippen LogP contribution in [0.15, 0.2) is 75.7 Å². The molecule has 1 aliphatic heterocycles. The second kappa shape index (κ2) is 6.00. The fourth-order valence-corrected chi connectivity index (χ4v) is 3.83. The second-order valence-electron chi connectivity index (χ2n) is 5.83. The van der Waals surface area contributed by atoms with Crippen LogP contribution in [0, 0.1) is 0 Å². The lowest BCUT2D eigenvalue weighted by Crippen LogP contribution is -2.36. The maximum absolute atomic E-state index is 13.1. The summed E-state index contributed by atoms with van der Waals surface area (Å²) in [7, 11) is 0. The van der Waals surface area contributed by atoms with Crippen molar-refractivity contribution in [2.24, 2.45) is 0 Å². The Hall–Kier alpha value is -2.11. The number of phenolic OH excluding ortho intramolecular Hbond substituents is 1. The molecule has 0 spiro atoms. The molecule has 4 rings (SSSR count). The molecule has 1 N–H and O–H groups in total. The highest BCUT2D eigenvalue weighted by atomic mass is 79.9. The van der Waals surface area contributed by atoms with Crippen molar-refractivity contribution in [2.75, 3.05) is 0 Å². The first kappa shape index (κ1) is 16.4.